The summed E-state index contributed by atoms with van der Waals surface area (Å²) in [5.74, 6) is 0. The van der Waals surface area contributed by atoms with Gasteiger partial charge in [-0.3, -0.25) is 0 Å². The molecule has 54 valence electrons. The molecule has 0 radical (unpaired) electrons. The minimum absolute atomic E-state index is 0.362. The van der Waals surface area contributed by atoms with E-state index in [1.54, 1.807) is 0 Å². The van der Waals surface area contributed by atoms with Crippen LogP contribution in [0.3, 0.4) is 0 Å². The molecule has 0 fully saturated rings. The predicted molar refractivity (Wildman–Crippen MR) is 39.0 cm³/mol. The molecule has 0 saturated carbocycles. The lowest BCUT2D eigenvalue weighted by molar-refractivity contribution is 0.0506. The Morgan fingerprint density at radius 2 is 1.90 bits per heavy atom. The first-order valence-electron chi connectivity index (χ1n) is 3.20. The molecule has 10 heavy (non-hydrogen) atoms. The van der Waals surface area contributed by atoms with Gasteiger partial charge in [0.25, 0.3) is 0 Å². The van der Waals surface area contributed by atoms with Crippen LogP contribution in [-0.4, -0.2) is 12.2 Å². The first kappa shape index (κ1) is 7.22. The van der Waals surface area contributed by atoms with Crippen molar-refractivity contribution in [2.24, 2.45) is 0 Å². The molecule has 0 unspecified atom stereocenters. The molecule has 1 nitrogen and oxygen atoms in total. The molecule has 0 atom stereocenters. The van der Waals surface area contributed by atoms with Crippen molar-refractivity contribution in [2.75, 3.05) is 7.05 Å². The fourth-order valence-corrected chi connectivity index (χ4v) is 0.835. The van der Waals surface area contributed by atoms with Gasteiger partial charge in [-0.15, -0.1) is 9.60 Å². The summed E-state index contributed by atoms with van der Waals surface area (Å²) in [5, 5.41) is 0.662. The Morgan fingerprint density at radius 3 is 2.40 bits per heavy atom. The summed E-state index contributed by atoms with van der Waals surface area (Å²) in [6, 6.07) is 9.52. The van der Waals surface area contributed by atoms with Crippen molar-refractivity contribution in [3.05, 3.63) is 35.9 Å². The Kier molecular flexibility index (Phi) is 2.40. The molecule has 0 aliphatic carbocycles. The molecular weight excluding hydrogens is 129 g/mol. The Balaban J connectivity index is 2.59. The van der Waals surface area contributed by atoms with Crippen molar-refractivity contribution in [1.82, 2.24) is 5.12 Å². The summed E-state index contributed by atoms with van der Waals surface area (Å²) in [4.78, 5) is 0. The van der Waals surface area contributed by atoms with E-state index in [1.165, 1.54) is 7.05 Å². The number of hydrogen-bond donors (Lipinski definition) is 0. The lowest BCUT2D eigenvalue weighted by atomic mass is 10.2. The Hall–Kier alpha value is -0.890. The van der Waals surface area contributed by atoms with E-state index < -0.39 is 0 Å². The fourth-order valence-electron chi connectivity index (χ4n) is 0.835. The van der Waals surface area contributed by atoms with Gasteiger partial charge in [0, 0.05) is 7.05 Å². The highest BCUT2D eigenvalue weighted by Crippen LogP contribution is 2.01. The largest absolute Gasteiger partial charge is 0.145 e. The third kappa shape index (κ3) is 2.15. The van der Waals surface area contributed by atoms with Crippen molar-refractivity contribution in [3.63, 3.8) is 0 Å². The van der Waals surface area contributed by atoms with Gasteiger partial charge in [0.1, 0.15) is 0 Å². The van der Waals surface area contributed by atoms with Gasteiger partial charge in [0.15, 0.2) is 0 Å². The normalized spacial score (nSPS) is 10.3. The molecule has 0 spiro atoms. The Labute approximate surface area is 60.0 Å². The van der Waals surface area contributed by atoms with Crippen molar-refractivity contribution >= 4 is 0 Å². The third-order valence-electron chi connectivity index (χ3n) is 1.24. The predicted octanol–water partition coefficient (Wildman–Crippen LogP) is 2.00. The highest BCUT2D eigenvalue weighted by atomic mass is 19.2. The van der Waals surface area contributed by atoms with Crippen molar-refractivity contribution < 1.29 is 4.48 Å². The standard InChI is InChI=1S/C8H10FN/c1-10(9)7-8-5-3-2-4-6-8/h2-6H,7H2,1H3. The van der Waals surface area contributed by atoms with Crippen LogP contribution in [0.2, 0.25) is 0 Å². The first-order valence-corrected chi connectivity index (χ1v) is 3.20. The van der Waals surface area contributed by atoms with Crippen LogP contribution in [0.5, 0.6) is 0 Å². The molecule has 0 aliphatic heterocycles. The summed E-state index contributed by atoms with van der Waals surface area (Å²) in [5.41, 5.74) is 0.993. The Bertz CT molecular complexity index is 184. The van der Waals surface area contributed by atoms with E-state index in [0.29, 0.717) is 11.7 Å². The van der Waals surface area contributed by atoms with Crippen molar-refractivity contribution in [3.8, 4) is 0 Å². The zero-order valence-corrected chi connectivity index (χ0v) is 5.92. The SMILES string of the molecule is CN(F)Cc1ccccc1. The number of benzene rings is 1. The first-order chi connectivity index (χ1) is 4.79. The van der Waals surface area contributed by atoms with Crippen molar-refractivity contribution in [2.45, 2.75) is 6.54 Å². The quantitative estimate of drug-likeness (QED) is 0.566. The summed E-state index contributed by atoms with van der Waals surface area (Å²) >= 11 is 0. The van der Waals surface area contributed by atoms with Gasteiger partial charge in [0.05, 0.1) is 6.54 Å². The molecule has 0 bridgehead atoms. The summed E-state index contributed by atoms with van der Waals surface area (Å²) in [6.07, 6.45) is 0. The second-order valence-electron chi connectivity index (χ2n) is 2.25. The number of halogens is 1. The monoisotopic (exact) mass is 139 g/mol. The summed E-state index contributed by atoms with van der Waals surface area (Å²) < 4.78 is 12.2. The van der Waals surface area contributed by atoms with E-state index in [1.807, 2.05) is 30.3 Å². The van der Waals surface area contributed by atoms with Crippen LogP contribution in [0, 0.1) is 0 Å². The smallest absolute Gasteiger partial charge is 0.0537 e. The van der Waals surface area contributed by atoms with E-state index in [2.05, 4.69) is 0 Å². The maximum absolute atomic E-state index is 12.2. The highest BCUT2D eigenvalue weighted by molar-refractivity contribution is 5.13. The van der Waals surface area contributed by atoms with Gasteiger partial charge >= 0.3 is 0 Å². The van der Waals surface area contributed by atoms with E-state index in [-0.39, 0.29) is 0 Å². The van der Waals surface area contributed by atoms with Crippen molar-refractivity contribution in [1.29, 1.82) is 0 Å². The molecule has 0 amide bonds. The summed E-state index contributed by atoms with van der Waals surface area (Å²) in [7, 11) is 1.41. The van der Waals surface area contributed by atoms with E-state index in [0.717, 1.165) is 5.56 Å². The van der Waals surface area contributed by atoms with Crippen LogP contribution in [0.1, 0.15) is 5.56 Å². The molecule has 0 aliphatic rings. The van der Waals surface area contributed by atoms with Gasteiger partial charge in [-0.2, -0.15) is 0 Å². The minimum Gasteiger partial charge on any atom is -0.145 e. The van der Waals surface area contributed by atoms with E-state index >= 15 is 0 Å². The second-order valence-corrected chi connectivity index (χ2v) is 2.25. The summed E-state index contributed by atoms with van der Waals surface area (Å²) in [6.45, 7) is 0.362. The van der Waals surface area contributed by atoms with Crippen LogP contribution in [-0.2, 0) is 6.54 Å². The van der Waals surface area contributed by atoms with E-state index in [4.69, 9.17) is 0 Å². The van der Waals surface area contributed by atoms with Crippen LogP contribution in [0.4, 0.5) is 4.48 Å². The number of hydrogen-bond acceptors (Lipinski definition) is 1. The maximum atomic E-state index is 12.2. The van der Waals surface area contributed by atoms with Gasteiger partial charge in [-0.05, 0) is 5.56 Å². The molecule has 0 saturated heterocycles. The molecule has 1 aromatic carbocycles. The number of nitrogens with zero attached hydrogens (tertiary/aromatic N) is 1. The molecule has 1 rings (SSSR count). The van der Waals surface area contributed by atoms with Crippen LogP contribution >= 0.6 is 0 Å². The molecule has 1 aromatic rings. The molecule has 0 aromatic heterocycles. The third-order valence-corrected chi connectivity index (χ3v) is 1.24. The van der Waals surface area contributed by atoms with Crippen LogP contribution in [0.15, 0.2) is 30.3 Å². The van der Waals surface area contributed by atoms with Gasteiger partial charge < -0.3 is 0 Å². The van der Waals surface area contributed by atoms with Crippen LogP contribution < -0.4 is 0 Å². The van der Waals surface area contributed by atoms with Crippen LogP contribution in [0.25, 0.3) is 0 Å². The maximum Gasteiger partial charge on any atom is 0.0537 e. The average Bonchev–Trinajstić information content (AvgIpc) is 1.88. The topological polar surface area (TPSA) is 3.24 Å². The second kappa shape index (κ2) is 3.32. The minimum atomic E-state index is 0.362. The van der Waals surface area contributed by atoms with Gasteiger partial charge in [-0.1, -0.05) is 30.3 Å². The molecule has 0 heterocycles. The highest BCUT2D eigenvalue weighted by Gasteiger charge is 1.94. The fraction of sp³-hybridized carbons (Fsp3) is 0.250. The molecule has 2 heteroatoms. The van der Waals surface area contributed by atoms with E-state index in [9.17, 15) is 4.48 Å². The molecular formula is C8H10FN. The van der Waals surface area contributed by atoms with Gasteiger partial charge in [-0.25, -0.2) is 0 Å². The lowest BCUT2D eigenvalue weighted by Gasteiger charge is -2.03. The lowest BCUT2D eigenvalue weighted by Crippen LogP contribution is -2.04. The molecule has 0 N–H and O–H groups in total. The zero-order valence-electron chi connectivity index (χ0n) is 5.92. The Morgan fingerprint density at radius 1 is 1.30 bits per heavy atom. The zero-order chi connectivity index (χ0) is 7.40. The number of rotatable bonds is 2. The van der Waals surface area contributed by atoms with Gasteiger partial charge in [0.2, 0.25) is 0 Å². The average molecular weight is 139 g/mol.